The third-order valence-corrected chi connectivity index (χ3v) is 3.84. The van der Waals surface area contributed by atoms with Gasteiger partial charge < -0.3 is 10.1 Å². The summed E-state index contributed by atoms with van der Waals surface area (Å²) in [4.78, 5) is 0. The third kappa shape index (κ3) is 4.63. The van der Waals surface area contributed by atoms with E-state index in [9.17, 15) is 4.39 Å². The van der Waals surface area contributed by atoms with E-state index in [2.05, 4.69) is 33.4 Å². The summed E-state index contributed by atoms with van der Waals surface area (Å²) < 4.78 is 19.8. The summed E-state index contributed by atoms with van der Waals surface area (Å²) in [7, 11) is 1.68. The summed E-state index contributed by atoms with van der Waals surface area (Å²) in [5, 5.41) is 3.35. The number of hydrogen-bond donors (Lipinski definition) is 1. The van der Waals surface area contributed by atoms with Crippen molar-refractivity contribution in [2.45, 2.75) is 26.1 Å². The Balaban J connectivity index is 2.00. The lowest BCUT2D eigenvalue weighted by molar-refractivity contribution is 0.185. The van der Waals surface area contributed by atoms with Gasteiger partial charge in [-0.2, -0.15) is 0 Å². The Morgan fingerprint density at radius 3 is 2.67 bits per heavy atom. The van der Waals surface area contributed by atoms with Crippen LogP contribution in [0.5, 0.6) is 0 Å². The van der Waals surface area contributed by atoms with Crippen molar-refractivity contribution in [1.29, 1.82) is 0 Å². The molecule has 21 heavy (non-hydrogen) atoms. The topological polar surface area (TPSA) is 21.3 Å². The normalized spacial score (nSPS) is 12.4. The maximum absolute atomic E-state index is 13.9. The van der Waals surface area contributed by atoms with E-state index in [1.807, 2.05) is 25.1 Å². The first-order valence-corrected chi connectivity index (χ1v) is 7.64. The van der Waals surface area contributed by atoms with E-state index in [0.29, 0.717) is 18.7 Å². The van der Waals surface area contributed by atoms with E-state index in [-0.39, 0.29) is 11.9 Å². The van der Waals surface area contributed by atoms with Gasteiger partial charge in [0.2, 0.25) is 0 Å². The van der Waals surface area contributed by atoms with Crippen LogP contribution in [-0.4, -0.2) is 7.11 Å². The van der Waals surface area contributed by atoms with E-state index < -0.39 is 0 Å². The van der Waals surface area contributed by atoms with E-state index >= 15 is 0 Å². The van der Waals surface area contributed by atoms with E-state index in [1.54, 1.807) is 13.2 Å². The lowest BCUT2D eigenvalue weighted by Gasteiger charge is -2.15. The molecule has 0 bridgehead atoms. The fraction of sp³-hybridized carbons (Fsp3) is 0.294. The van der Waals surface area contributed by atoms with Crippen LogP contribution in [0.15, 0.2) is 46.9 Å². The Bertz CT molecular complexity index is 603. The van der Waals surface area contributed by atoms with Crippen LogP contribution >= 0.6 is 15.9 Å². The minimum absolute atomic E-state index is 0.0517. The fourth-order valence-electron chi connectivity index (χ4n) is 2.23. The Morgan fingerprint density at radius 2 is 1.95 bits per heavy atom. The van der Waals surface area contributed by atoms with Crippen LogP contribution in [0.4, 0.5) is 4.39 Å². The highest BCUT2D eigenvalue weighted by Crippen LogP contribution is 2.21. The second-order valence-corrected chi connectivity index (χ2v) is 5.94. The van der Waals surface area contributed by atoms with Crippen molar-refractivity contribution >= 4 is 15.9 Å². The molecule has 0 aliphatic carbocycles. The molecular weight excluding hydrogens is 333 g/mol. The van der Waals surface area contributed by atoms with Crippen LogP contribution in [0.2, 0.25) is 0 Å². The molecule has 1 unspecified atom stereocenters. The summed E-state index contributed by atoms with van der Waals surface area (Å²) in [5.74, 6) is -0.197. The van der Waals surface area contributed by atoms with Crippen LogP contribution in [0.25, 0.3) is 0 Å². The van der Waals surface area contributed by atoms with Crippen molar-refractivity contribution in [2.24, 2.45) is 0 Å². The second-order valence-electron chi connectivity index (χ2n) is 5.02. The monoisotopic (exact) mass is 351 g/mol. The van der Waals surface area contributed by atoms with Gasteiger partial charge in [0.05, 0.1) is 6.61 Å². The number of rotatable bonds is 6. The molecule has 2 nitrogen and oxygen atoms in total. The third-order valence-electron chi connectivity index (χ3n) is 3.34. The summed E-state index contributed by atoms with van der Waals surface area (Å²) in [6.45, 7) is 3.25. The maximum atomic E-state index is 13.9. The van der Waals surface area contributed by atoms with Crippen LogP contribution in [-0.2, 0) is 17.9 Å². The minimum Gasteiger partial charge on any atom is -0.380 e. The molecule has 2 rings (SSSR count). The van der Waals surface area contributed by atoms with Gasteiger partial charge in [-0.05, 0) is 30.2 Å². The van der Waals surface area contributed by atoms with Gasteiger partial charge in [-0.15, -0.1) is 0 Å². The van der Waals surface area contributed by atoms with Crippen molar-refractivity contribution in [2.75, 3.05) is 7.11 Å². The minimum atomic E-state index is -0.197. The number of nitrogens with one attached hydrogen (secondary N) is 1. The Hall–Kier alpha value is -1.23. The molecule has 1 N–H and O–H groups in total. The molecule has 0 saturated heterocycles. The van der Waals surface area contributed by atoms with Crippen LogP contribution in [0, 0.1) is 5.82 Å². The number of hydrogen-bond acceptors (Lipinski definition) is 2. The number of benzene rings is 2. The Morgan fingerprint density at radius 1 is 1.19 bits per heavy atom. The van der Waals surface area contributed by atoms with Crippen molar-refractivity contribution in [1.82, 2.24) is 5.32 Å². The molecule has 0 aliphatic rings. The number of halogens is 2. The van der Waals surface area contributed by atoms with Crippen LogP contribution in [0.1, 0.15) is 29.7 Å². The average Bonchev–Trinajstić information content (AvgIpc) is 2.45. The van der Waals surface area contributed by atoms with Crippen molar-refractivity contribution in [3.8, 4) is 0 Å². The highest BCUT2D eigenvalue weighted by Gasteiger charge is 2.10. The molecule has 4 heteroatoms. The fourth-order valence-corrected chi connectivity index (χ4v) is 2.56. The predicted octanol–water partition coefficient (Wildman–Crippen LogP) is 4.59. The predicted molar refractivity (Wildman–Crippen MR) is 86.5 cm³/mol. The Labute approximate surface area is 133 Å². The van der Waals surface area contributed by atoms with Crippen LogP contribution < -0.4 is 5.32 Å². The van der Waals surface area contributed by atoms with Crippen LogP contribution in [0.3, 0.4) is 0 Å². The van der Waals surface area contributed by atoms with Gasteiger partial charge >= 0.3 is 0 Å². The molecule has 0 radical (unpaired) electrons. The van der Waals surface area contributed by atoms with Crippen molar-refractivity contribution in [3.63, 3.8) is 0 Å². The molecular formula is C17H19BrFNO. The molecule has 112 valence electrons. The van der Waals surface area contributed by atoms with E-state index in [4.69, 9.17) is 4.74 Å². The largest absolute Gasteiger partial charge is 0.380 e. The summed E-state index contributed by atoms with van der Waals surface area (Å²) in [6, 6.07) is 13.3. The second kappa shape index (κ2) is 7.69. The van der Waals surface area contributed by atoms with Gasteiger partial charge in [0.15, 0.2) is 0 Å². The molecule has 0 heterocycles. The lowest BCUT2D eigenvalue weighted by Crippen LogP contribution is -2.19. The van der Waals surface area contributed by atoms with Crippen molar-refractivity contribution < 1.29 is 9.13 Å². The van der Waals surface area contributed by atoms with E-state index in [0.717, 1.165) is 15.6 Å². The van der Waals surface area contributed by atoms with Gasteiger partial charge in [0, 0.05) is 29.7 Å². The standard InChI is InChI=1S/C17H19BrFNO/c1-12(16-7-6-15(18)9-17(16)19)20-10-13-4-3-5-14(8-13)11-21-2/h3-9,12,20H,10-11H2,1-2H3. The molecule has 0 saturated carbocycles. The molecule has 2 aromatic rings. The highest BCUT2D eigenvalue weighted by atomic mass is 79.9. The van der Waals surface area contributed by atoms with Gasteiger partial charge in [0.25, 0.3) is 0 Å². The summed E-state index contributed by atoms with van der Waals surface area (Å²) in [6.07, 6.45) is 0. The first kappa shape index (κ1) is 16.1. The number of ether oxygens (including phenoxy) is 1. The summed E-state index contributed by atoms with van der Waals surface area (Å²) in [5.41, 5.74) is 2.97. The zero-order chi connectivity index (χ0) is 15.2. The summed E-state index contributed by atoms with van der Waals surface area (Å²) >= 11 is 3.27. The molecule has 0 aliphatic heterocycles. The van der Waals surface area contributed by atoms with Gasteiger partial charge in [-0.3, -0.25) is 0 Å². The molecule has 0 spiro atoms. The molecule has 0 fully saturated rings. The molecule has 1 atom stereocenters. The SMILES string of the molecule is COCc1cccc(CNC(C)c2ccc(Br)cc2F)c1. The Kier molecular flexibility index (Phi) is 5.91. The molecule has 0 aromatic heterocycles. The lowest BCUT2D eigenvalue weighted by atomic mass is 10.1. The van der Waals surface area contributed by atoms with E-state index in [1.165, 1.54) is 6.07 Å². The van der Waals surface area contributed by atoms with Gasteiger partial charge in [0.1, 0.15) is 5.82 Å². The molecule has 0 amide bonds. The smallest absolute Gasteiger partial charge is 0.129 e. The number of methoxy groups -OCH3 is 1. The van der Waals surface area contributed by atoms with Gasteiger partial charge in [-0.25, -0.2) is 4.39 Å². The quantitative estimate of drug-likeness (QED) is 0.821. The zero-order valence-electron chi connectivity index (χ0n) is 12.2. The average molecular weight is 352 g/mol. The first-order valence-electron chi connectivity index (χ1n) is 6.85. The molecule has 2 aromatic carbocycles. The highest BCUT2D eigenvalue weighted by molar-refractivity contribution is 9.10. The van der Waals surface area contributed by atoms with Gasteiger partial charge in [-0.1, -0.05) is 46.3 Å². The first-order chi connectivity index (χ1) is 10.1. The van der Waals surface area contributed by atoms with Crippen molar-refractivity contribution in [3.05, 3.63) is 69.4 Å². The zero-order valence-corrected chi connectivity index (χ0v) is 13.8. The maximum Gasteiger partial charge on any atom is 0.129 e.